The molecule has 1 aromatic carbocycles. The molecule has 16 heavy (non-hydrogen) atoms. The van der Waals surface area contributed by atoms with Gasteiger partial charge in [0.1, 0.15) is 5.76 Å². The zero-order valence-electron chi connectivity index (χ0n) is 8.87. The summed E-state index contributed by atoms with van der Waals surface area (Å²) >= 11 is 0. The lowest BCUT2D eigenvalue weighted by Gasteiger charge is -2.07. The number of rotatable bonds is 4. The minimum atomic E-state index is -0.369. The lowest BCUT2D eigenvalue weighted by molar-refractivity contribution is 0.387. The largest absolute Gasteiger partial charge is 0.494 e. The van der Waals surface area contributed by atoms with E-state index in [1.165, 1.54) is 13.2 Å². The van der Waals surface area contributed by atoms with E-state index >= 15 is 0 Å². The van der Waals surface area contributed by atoms with Crippen LogP contribution in [0.5, 0.6) is 5.75 Å². The maximum atomic E-state index is 13.1. The molecule has 2 aromatic rings. The Hall–Kier alpha value is -1.97. The fourth-order valence-electron chi connectivity index (χ4n) is 1.37. The van der Waals surface area contributed by atoms with Crippen LogP contribution in [0.25, 0.3) is 0 Å². The molecule has 0 aliphatic rings. The van der Waals surface area contributed by atoms with E-state index < -0.39 is 0 Å². The summed E-state index contributed by atoms with van der Waals surface area (Å²) in [5.74, 6) is 0.679. The Kier molecular flexibility index (Phi) is 3.10. The van der Waals surface area contributed by atoms with Gasteiger partial charge in [-0.05, 0) is 24.3 Å². The minimum absolute atomic E-state index is 0.226. The highest BCUT2D eigenvalue weighted by molar-refractivity contribution is 5.48. The highest BCUT2D eigenvalue weighted by atomic mass is 19.1. The van der Waals surface area contributed by atoms with Crippen LogP contribution in [0.15, 0.2) is 41.0 Å². The van der Waals surface area contributed by atoms with Crippen molar-refractivity contribution in [2.45, 2.75) is 6.54 Å². The number of nitrogens with one attached hydrogen (secondary N) is 1. The molecule has 0 aliphatic carbocycles. The van der Waals surface area contributed by atoms with Crippen LogP contribution in [-0.4, -0.2) is 7.11 Å². The van der Waals surface area contributed by atoms with Crippen molar-refractivity contribution in [3.8, 4) is 5.75 Å². The standard InChI is InChI=1S/C12H12FNO2/c1-15-12-7-9(4-5-11(12)13)14-8-10-3-2-6-16-10/h2-7,14H,8H2,1H3. The van der Waals surface area contributed by atoms with Gasteiger partial charge in [0, 0.05) is 11.8 Å². The summed E-state index contributed by atoms with van der Waals surface area (Å²) in [6.07, 6.45) is 1.61. The lowest BCUT2D eigenvalue weighted by atomic mass is 10.3. The first-order valence-corrected chi connectivity index (χ1v) is 4.89. The van der Waals surface area contributed by atoms with Crippen LogP contribution < -0.4 is 10.1 Å². The Morgan fingerprint density at radius 1 is 1.38 bits per heavy atom. The Morgan fingerprint density at radius 2 is 2.25 bits per heavy atom. The van der Waals surface area contributed by atoms with Crippen molar-refractivity contribution in [1.29, 1.82) is 0 Å². The van der Waals surface area contributed by atoms with E-state index in [0.717, 1.165) is 11.4 Å². The second kappa shape index (κ2) is 4.70. The quantitative estimate of drug-likeness (QED) is 0.861. The molecule has 1 N–H and O–H groups in total. The molecule has 0 aliphatic heterocycles. The third-order valence-corrected chi connectivity index (χ3v) is 2.20. The summed E-state index contributed by atoms with van der Waals surface area (Å²) in [6.45, 7) is 0.557. The molecular formula is C12H12FNO2. The molecule has 0 radical (unpaired) electrons. The predicted octanol–water partition coefficient (Wildman–Crippen LogP) is 3.04. The van der Waals surface area contributed by atoms with Crippen LogP contribution in [0.4, 0.5) is 10.1 Å². The summed E-state index contributed by atoms with van der Waals surface area (Å²) < 4.78 is 23.2. The van der Waals surface area contributed by atoms with Crippen molar-refractivity contribution in [2.24, 2.45) is 0 Å². The smallest absolute Gasteiger partial charge is 0.165 e. The van der Waals surface area contributed by atoms with Crippen LogP contribution in [0, 0.1) is 5.82 Å². The van der Waals surface area contributed by atoms with Gasteiger partial charge in [-0.1, -0.05) is 0 Å². The molecule has 84 valence electrons. The number of ether oxygens (including phenoxy) is 1. The molecule has 2 rings (SSSR count). The van der Waals surface area contributed by atoms with Gasteiger partial charge in [-0.3, -0.25) is 0 Å². The summed E-state index contributed by atoms with van der Waals surface area (Å²) in [7, 11) is 1.44. The van der Waals surface area contributed by atoms with Crippen molar-refractivity contribution in [3.63, 3.8) is 0 Å². The van der Waals surface area contributed by atoms with Crippen molar-refractivity contribution in [1.82, 2.24) is 0 Å². The maximum Gasteiger partial charge on any atom is 0.165 e. The third-order valence-electron chi connectivity index (χ3n) is 2.20. The molecule has 0 unspecified atom stereocenters. The molecule has 0 saturated carbocycles. The minimum Gasteiger partial charge on any atom is -0.494 e. The molecule has 3 nitrogen and oxygen atoms in total. The second-order valence-corrected chi connectivity index (χ2v) is 3.28. The van der Waals surface area contributed by atoms with E-state index in [1.807, 2.05) is 12.1 Å². The summed E-state index contributed by atoms with van der Waals surface area (Å²) in [5.41, 5.74) is 0.787. The van der Waals surface area contributed by atoms with Crippen molar-refractivity contribution in [3.05, 3.63) is 48.2 Å². The Labute approximate surface area is 92.8 Å². The zero-order valence-corrected chi connectivity index (χ0v) is 8.87. The first-order chi connectivity index (χ1) is 7.79. The van der Waals surface area contributed by atoms with Gasteiger partial charge in [-0.2, -0.15) is 0 Å². The van der Waals surface area contributed by atoms with Gasteiger partial charge in [0.2, 0.25) is 0 Å². The molecule has 0 fully saturated rings. The van der Waals surface area contributed by atoms with Gasteiger partial charge in [-0.15, -0.1) is 0 Å². The molecule has 1 aromatic heterocycles. The number of benzene rings is 1. The Morgan fingerprint density at radius 3 is 2.94 bits per heavy atom. The number of hydrogen-bond donors (Lipinski definition) is 1. The number of hydrogen-bond acceptors (Lipinski definition) is 3. The topological polar surface area (TPSA) is 34.4 Å². The molecule has 0 bridgehead atoms. The highest BCUT2D eigenvalue weighted by Gasteiger charge is 2.03. The van der Waals surface area contributed by atoms with Crippen LogP contribution in [-0.2, 0) is 6.54 Å². The lowest BCUT2D eigenvalue weighted by Crippen LogP contribution is -1.99. The van der Waals surface area contributed by atoms with Crippen LogP contribution in [0.3, 0.4) is 0 Å². The normalized spacial score (nSPS) is 10.1. The molecule has 0 amide bonds. The Bertz CT molecular complexity index is 454. The molecule has 0 spiro atoms. The molecule has 0 saturated heterocycles. The monoisotopic (exact) mass is 221 g/mol. The second-order valence-electron chi connectivity index (χ2n) is 3.28. The summed E-state index contributed by atoms with van der Waals surface area (Å²) in [5, 5.41) is 3.11. The molecular weight excluding hydrogens is 209 g/mol. The SMILES string of the molecule is COc1cc(NCc2ccco2)ccc1F. The van der Waals surface area contributed by atoms with Crippen LogP contribution in [0.2, 0.25) is 0 Å². The highest BCUT2D eigenvalue weighted by Crippen LogP contribution is 2.21. The van der Waals surface area contributed by atoms with E-state index in [2.05, 4.69) is 5.32 Å². The van der Waals surface area contributed by atoms with Crippen molar-refractivity contribution in [2.75, 3.05) is 12.4 Å². The molecule has 0 atom stereocenters. The van der Waals surface area contributed by atoms with Gasteiger partial charge in [0.25, 0.3) is 0 Å². The third kappa shape index (κ3) is 2.34. The number of methoxy groups -OCH3 is 1. The van der Waals surface area contributed by atoms with Crippen LogP contribution >= 0.6 is 0 Å². The number of anilines is 1. The van der Waals surface area contributed by atoms with E-state index in [-0.39, 0.29) is 11.6 Å². The van der Waals surface area contributed by atoms with Gasteiger partial charge >= 0.3 is 0 Å². The first kappa shape index (κ1) is 10.5. The number of furan rings is 1. The van der Waals surface area contributed by atoms with E-state index in [0.29, 0.717) is 6.54 Å². The fraction of sp³-hybridized carbons (Fsp3) is 0.167. The first-order valence-electron chi connectivity index (χ1n) is 4.89. The van der Waals surface area contributed by atoms with E-state index in [9.17, 15) is 4.39 Å². The van der Waals surface area contributed by atoms with Gasteiger partial charge in [0.05, 0.1) is 19.9 Å². The van der Waals surface area contributed by atoms with Crippen molar-refractivity contribution < 1.29 is 13.5 Å². The van der Waals surface area contributed by atoms with Crippen molar-refractivity contribution >= 4 is 5.69 Å². The summed E-state index contributed by atoms with van der Waals surface area (Å²) in [4.78, 5) is 0. The fourth-order valence-corrected chi connectivity index (χ4v) is 1.37. The molecule has 4 heteroatoms. The van der Waals surface area contributed by atoms with Crippen LogP contribution in [0.1, 0.15) is 5.76 Å². The van der Waals surface area contributed by atoms with Gasteiger partial charge in [0.15, 0.2) is 11.6 Å². The average Bonchev–Trinajstić information content (AvgIpc) is 2.81. The zero-order chi connectivity index (χ0) is 11.4. The number of halogens is 1. The van der Waals surface area contributed by atoms with E-state index in [1.54, 1.807) is 18.4 Å². The Balaban J connectivity index is 2.04. The van der Waals surface area contributed by atoms with E-state index in [4.69, 9.17) is 9.15 Å². The van der Waals surface area contributed by atoms with Gasteiger partial charge < -0.3 is 14.5 Å². The van der Waals surface area contributed by atoms with Gasteiger partial charge in [-0.25, -0.2) is 4.39 Å². The summed E-state index contributed by atoms with van der Waals surface area (Å²) in [6, 6.07) is 8.32. The average molecular weight is 221 g/mol. The predicted molar refractivity (Wildman–Crippen MR) is 59.0 cm³/mol. The molecule has 1 heterocycles. The maximum absolute atomic E-state index is 13.1.